The van der Waals surface area contributed by atoms with Gasteiger partial charge in [0, 0.05) is 6.42 Å². The molecule has 76 valence electrons. The van der Waals surface area contributed by atoms with Crippen LogP contribution in [0.5, 0.6) is 0 Å². The van der Waals surface area contributed by atoms with Crippen molar-refractivity contribution in [3.8, 4) is 0 Å². The predicted octanol–water partition coefficient (Wildman–Crippen LogP) is 1.84. The molecule has 0 atom stereocenters. The van der Waals surface area contributed by atoms with Crippen LogP contribution in [0.3, 0.4) is 0 Å². The molecule has 2 rings (SSSR count). The highest BCUT2D eigenvalue weighted by Gasteiger charge is 2.17. The molecule has 0 aromatic carbocycles. The smallest absolute Gasteiger partial charge is 0.353 e. The van der Waals surface area contributed by atoms with Crippen molar-refractivity contribution in [2.24, 2.45) is 5.92 Å². The normalized spacial score (nSPS) is 17.4. The van der Waals surface area contributed by atoms with Crippen molar-refractivity contribution in [3.63, 3.8) is 0 Å². The van der Waals surface area contributed by atoms with Crippen molar-refractivity contribution in [1.29, 1.82) is 0 Å². The quantitative estimate of drug-likeness (QED) is 0.771. The number of carboxylic acid groups (broad SMARTS) is 1. The summed E-state index contributed by atoms with van der Waals surface area (Å²) in [4.78, 5) is 17.5. The molecule has 0 saturated heterocycles. The summed E-state index contributed by atoms with van der Waals surface area (Å²) in [5.41, 5.74) is 0.193. The van der Waals surface area contributed by atoms with Gasteiger partial charge in [0.2, 0.25) is 0 Å². The summed E-state index contributed by atoms with van der Waals surface area (Å²) in [5.74, 6) is 0.576. The van der Waals surface area contributed by atoms with E-state index in [0.29, 0.717) is 5.92 Å². The third kappa shape index (κ3) is 1.95. The molecule has 1 aliphatic carbocycles. The number of nitrogens with zero attached hydrogens (tertiary/aromatic N) is 1. The first-order valence-electron chi connectivity index (χ1n) is 5.03. The van der Waals surface area contributed by atoms with Crippen molar-refractivity contribution in [3.05, 3.63) is 17.7 Å². The molecule has 14 heavy (non-hydrogen) atoms. The Hall–Kier alpha value is -1.32. The van der Waals surface area contributed by atoms with E-state index in [2.05, 4.69) is 9.97 Å². The van der Waals surface area contributed by atoms with E-state index in [4.69, 9.17) is 5.11 Å². The van der Waals surface area contributed by atoms with E-state index in [1.165, 1.54) is 31.9 Å². The number of hydrogen-bond donors (Lipinski definition) is 2. The molecule has 0 spiro atoms. The minimum Gasteiger partial charge on any atom is -0.477 e. The Morgan fingerprint density at radius 3 is 2.86 bits per heavy atom. The first-order valence-corrected chi connectivity index (χ1v) is 5.03. The van der Waals surface area contributed by atoms with Gasteiger partial charge in [-0.1, -0.05) is 25.7 Å². The van der Waals surface area contributed by atoms with Gasteiger partial charge in [0.1, 0.15) is 11.5 Å². The molecule has 2 N–H and O–H groups in total. The molecule has 4 heteroatoms. The molecular formula is C10H14N2O2. The number of hydrogen-bond acceptors (Lipinski definition) is 2. The fourth-order valence-electron chi connectivity index (χ4n) is 2.06. The SMILES string of the molecule is O=C(O)c1cnc(CC2CCCC2)[nH]1. The zero-order valence-corrected chi connectivity index (χ0v) is 7.99. The summed E-state index contributed by atoms with van der Waals surface area (Å²) in [6.07, 6.45) is 7.40. The van der Waals surface area contributed by atoms with Crippen LogP contribution in [0.1, 0.15) is 42.0 Å². The van der Waals surface area contributed by atoms with Gasteiger partial charge in [-0.25, -0.2) is 9.78 Å². The first-order chi connectivity index (χ1) is 6.75. The zero-order valence-electron chi connectivity index (χ0n) is 7.99. The summed E-state index contributed by atoms with van der Waals surface area (Å²) in [5, 5.41) is 8.69. The second-order valence-electron chi connectivity index (χ2n) is 3.90. The van der Waals surface area contributed by atoms with E-state index in [-0.39, 0.29) is 5.69 Å². The molecular weight excluding hydrogens is 180 g/mol. The van der Waals surface area contributed by atoms with E-state index in [0.717, 1.165) is 12.2 Å². The maximum atomic E-state index is 10.6. The van der Waals surface area contributed by atoms with Crippen molar-refractivity contribution in [1.82, 2.24) is 9.97 Å². The number of rotatable bonds is 3. The maximum Gasteiger partial charge on any atom is 0.353 e. The van der Waals surface area contributed by atoms with E-state index in [1.807, 2.05) is 0 Å². The number of carbonyl (C=O) groups is 1. The molecule has 0 amide bonds. The molecule has 0 unspecified atom stereocenters. The summed E-state index contributed by atoms with van der Waals surface area (Å²) >= 11 is 0. The zero-order chi connectivity index (χ0) is 9.97. The molecule has 4 nitrogen and oxygen atoms in total. The largest absolute Gasteiger partial charge is 0.477 e. The topological polar surface area (TPSA) is 66.0 Å². The lowest BCUT2D eigenvalue weighted by Crippen LogP contribution is -2.01. The number of carboxylic acids is 1. The average Bonchev–Trinajstić information content (AvgIpc) is 2.75. The van der Waals surface area contributed by atoms with Crippen LogP contribution in [-0.4, -0.2) is 21.0 Å². The van der Waals surface area contributed by atoms with Crippen LogP contribution in [0.25, 0.3) is 0 Å². The summed E-state index contributed by atoms with van der Waals surface area (Å²) < 4.78 is 0. The van der Waals surface area contributed by atoms with Gasteiger partial charge in [-0.05, 0) is 5.92 Å². The number of imidazole rings is 1. The molecule has 1 saturated carbocycles. The number of H-pyrrole nitrogens is 1. The summed E-state index contributed by atoms with van der Waals surface area (Å²) in [7, 11) is 0. The monoisotopic (exact) mass is 194 g/mol. The highest BCUT2D eigenvalue weighted by Crippen LogP contribution is 2.27. The van der Waals surface area contributed by atoms with Crippen LogP contribution >= 0.6 is 0 Å². The third-order valence-corrected chi connectivity index (χ3v) is 2.82. The Bertz CT molecular complexity index is 327. The lowest BCUT2D eigenvalue weighted by molar-refractivity contribution is 0.0691. The lowest BCUT2D eigenvalue weighted by atomic mass is 10.0. The van der Waals surface area contributed by atoms with E-state index < -0.39 is 5.97 Å². The minimum atomic E-state index is -0.935. The van der Waals surface area contributed by atoms with E-state index in [9.17, 15) is 4.79 Å². The minimum absolute atomic E-state index is 0.193. The van der Waals surface area contributed by atoms with E-state index in [1.54, 1.807) is 0 Å². The molecule has 1 aromatic rings. The Kier molecular flexibility index (Phi) is 2.52. The summed E-state index contributed by atoms with van der Waals surface area (Å²) in [6, 6.07) is 0. The highest BCUT2D eigenvalue weighted by molar-refractivity contribution is 5.84. The Morgan fingerprint density at radius 1 is 1.57 bits per heavy atom. The third-order valence-electron chi connectivity index (χ3n) is 2.82. The van der Waals surface area contributed by atoms with Crippen LogP contribution in [0.15, 0.2) is 6.20 Å². The molecule has 1 heterocycles. The summed E-state index contributed by atoms with van der Waals surface area (Å²) in [6.45, 7) is 0. The fraction of sp³-hybridized carbons (Fsp3) is 0.600. The van der Waals surface area contributed by atoms with E-state index >= 15 is 0 Å². The number of aromatic amines is 1. The second-order valence-corrected chi connectivity index (χ2v) is 3.90. The fourth-order valence-corrected chi connectivity index (χ4v) is 2.06. The van der Waals surface area contributed by atoms with Crippen LogP contribution in [0.4, 0.5) is 0 Å². The van der Waals surface area contributed by atoms with Crippen molar-refractivity contribution in [2.75, 3.05) is 0 Å². The molecule has 0 aliphatic heterocycles. The Labute approximate surface area is 82.4 Å². The predicted molar refractivity (Wildman–Crippen MR) is 51.2 cm³/mol. The van der Waals surface area contributed by atoms with Gasteiger partial charge in [0.05, 0.1) is 6.20 Å². The number of aromatic nitrogens is 2. The molecule has 1 aliphatic rings. The number of nitrogens with one attached hydrogen (secondary N) is 1. The lowest BCUT2D eigenvalue weighted by Gasteiger charge is -2.04. The van der Waals surface area contributed by atoms with Gasteiger partial charge in [-0.15, -0.1) is 0 Å². The standard InChI is InChI=1S/C10H14N2O2/c13-10(14)8-6-11-9(12-8)5-7-3-1-2-4-7/h6-7H,1-5H2,(H,11,12)(H,13,14). The van der Waals surface area contributed by atoms with Crippen LogP contribution in [0.2, 0.25) is 0 Å². The molecule has 0 radical (unpaired) electrons. The maximum absolute atomic E-state index is 10.6. The van der Waals surface area contributed by atoms with Gasteiger partial charge >= 0.3 is 5.97 Å². The van der Waals surface area contributed by atoms with Crippen LogP contribution in [0, 0.1) is 5.92 Å². The Morgan fingerprint density at radius 2 is 2.29 bits per heavy atom. The molecule has 1 aromatic heterocycles. The van der Waals surface area contributed by atoms with Crippen molar-refractivity contribution < 1.29 is 9.90 Å². The van der Waals surface area contributed by atoms with Gasteiger partial charge in [-0.2, -0.15) is 0 Å². The highest BCUT2D eigenvalue weighted by atomic mass is 16.4. The average molecular weight is 194 g/mol. The van der Waals surface area contributed by atoms with Gasteiger partial charge in [0.15, 0.2) is 0 Å². The molecule has 1 fully saturated rings. The number of aromatic carboxylic acids is 1. The first kappa shape index (κ1) is 9.24. The van der Waals surface area contributed by atoms with Gasteiger partial charge < -0.3 is 10.1 Å². The molecule has 0 bridgehead atoms. The van der Waals surface area contributed by atoms with Crippen LogP contribution < -0.4 is 0 Å². The van der Waals surface area contributed by atoms with Crippen molar-refractivity contribution >= 4 is 5.97 Å². The van der Waals surface area contributed by atoms with Gasteiger partial charge in [0.25, 0.3) is 0 Å². The van der Waals surface area contributed by atoms with Crippen molar-refractivity contribution in [2.45, 2.75) is 32.1 Å². The Balaban J connectivity index is 1.98. The van der Waals surface area contributed by atoms with Gasteiger partial charge in [-0.3, -0.25) is 0 Å². The second kappa shape index (κ2) is 3.82. The van der Waals surface area contributed by atoms with Crippen LogP contribution in [-0.2, 0) is 6.42 Å².